The van der Waals surface area contributed by atoms with Gasteiger partial charge in [-0.25, -0.2) is 20.7 Å². The zero-order chi connectivity index (χ0) is 96.3. The molecule has 134 heavy (non-hydrogen) atoms. The molecular weight excluding hydrogens is 1720 g/mol. The molecule has 11 heterocycles. The van der Waals surface area contributed by atoms with Crippen LogP contribution in [0.2, 0.25) is 0 Å². The van der Waals surface area contributed by atoms with E-state index < -0.39 is 143 Å². The highest BCUT2D eigenvalue weighted by Crippen LogP contribution is 2.44. The SMILES string of the molecule is CC(C)[C@@H]1OC(=O)C2(/C=C/c3ccc4ccc(nc4c3)[C@@H](C)NC(=O)[C@@H]3CCCN(N3)C(=O)[C@H](C)NC1=O)COCOC2.CC1CCC2(/C=C/c3ccc4ccc(nc4c3)[C@@H](C)NC(=O)[C@@H]3CCCN(N3)C(=O)[C@H](C)NC(=O)[C@@H](C(C)C)OC2=O)CC1.CCC1(CF)OCC2(/C=C/c3ccc4ccc(nc4c3)[C@@H](C)NC(=O)[C@@H]3CCCN(N3)C(=O)[C@H](C)NC(=O)[C@H](C(C)C)OC2=O)CO1. The van der Waals surface area contributed by atoms with Crippen LogP contribution in [0.3, 0.4) is 0 Å². The number of nitrogens with one attached hydrogen (secondary N) is 9. The largest absolute Gasteiger partial charge is 0.451 e. The number of fused-ring (bicyclic) bond motifs is 12. The van der Waals surface area contributed by atoms with Crippen LogP contribution in [0.5, 0.6) is 0 Å². The molecule has 0 radical (unpaired) electrons. The van der Waals surface area contributed by atoms with Crippen molar-refractivity contribution in [1.82, 2.24) is 78.2 Å². The van der Waals surface area contributed by atoms with Gasteiger partial charge in [0, 0.05) is 42.2 Å². The first-order chi connectivity index (χ1) is 63.9. The first-order valence-electron chi connectivity index (χ1n) is 46.9. The van der Waals surface area contributed by atoms with Crippen molar-refractivity contribution >= 4 is 122 Å². The molecule has 3 spiro atoms. The molecular formula is C99H128FN15O19. The fourth-order valence-electron chi connectivity index (χ4n) is 17.6. The molecule has 15 bridgehead atoms. The van der Waals surface area contributed by atoms with E-state index in [9.17, 15) is 61.9 Å². The van der Waals surface area contributed by atoms with Crippen LogP contribution in [-0.2, 0) is 90.7 Å². The smallest absolute Gasteiger partial charge is 0.321 e. The molecule has 35 heteroatoms. The number of alkyl halides is 1. The van der Waals surface area contributed by atoms with Crippen LogP contribution >= 0.6 is 0 Å². The molecule has 9 aliphatic rings. The number of nitrogens with zero attached hydrogens (tertiary/aromatic N) is 6. The summed E-state index contributed by atoms with van der Waals surface area (Å²) in [5.74, 6) is -7.73. The standard InChI is InChI=1S/C34H44FN5O7.C34H45N5O5.C31H39N5O7/c1-6-34(17-35)45-18-33(19-46-34)14-13-23-9-10-24-11-12-25(38-27(24)16-23)21(4)36-29(41)26-8-7-15-40(39-26)31(43)22(5)37-30(42)28(20(2)3)47-32(33)44;1-20(2)29-31(41)36-23(5)32(42)39-18-6-7-27(38-39)30(40)35-22(4)26-11-10-25-9-8-24(19-28(25)37-26)14-17-34(33(43)44-29)15-12-21(3)13-16-34;1-18(2)26-28(38)33-20(4)29(39)36-13-5-6-24(35-36)27(37)32-19(3)23-10-9-22-8-7-21(14-25(22)34-23)11-12-31(30(40)43-26)15-41-17-42-16-31/h9-14,16,20-22,26,28,39H,6-8,15,17-19H2,1-5H3,(H,36,41)(H,37,42);8-11,14,17,19-23,27,29,38H,6-7,12-13,15-16,18H2,1-5H3,(H,35,40)(H,36,41);7-12,14,18-20,24,26,35H,5-6,13,15-17H2,1-4H3,(H,32,37)(H,33,38)/b14-13+;17-14+;12-11+/t21-,22+,26+,28+,33?,34?;21?,22-,23+,27+,29-,34?;19-,20+,24+,26+/m111/s1. The molecule has 9 amide bonds. The lowest BCUT2D eigenvalue weighted by Gasteiger charge is -2.42. The van der Waals surface area contributed by atoms with Gasteiger partial charge in [0.25, 0.3) is 35.4 Å². The predicted molar refractivity (Wildman–Crippen MR) is 495 cm³/mol. The Morgan fingerprint density at radius 1 is 0.388 bits per heavy atom. The van der Waals surface area contributed by atoms with E-state index in [1.807, 2.05) is 138 Å². The number of aromatic nitrogens is 3. The summed E-state index contributed by atoms with van der Waals surface area (Å²) in [4.78, 5) is 176. The van der Waals surface area contributed by atoms with Crippen LogP contribution in [0.1, 0.15) is 219 Å². The minimum absolute atomic E-state index is 0.0125. The summed E-state index contributed by atoms with van der Waals surface area (Å²) in [5, 5.41) is 24.1. The Bertz CT molecular complexity index is 5450. The Labute approximate surface area is 779 Å². The minimum atomic E-state index is -1.50. The average Bonchev–Trinajstić information content (AvgIpc) is 0.971. The van der Waals surface area contributed by atoms with Gasteiger partial charge in [-0.05, 0) is 183 Å². The molecule has 6 aromatic rings. The molecule has 5 saturated heterocycles. The second kappa shape index (κ2) is 43.4. The van der Waals surface area contributed by atoms with Crippen molar-refractivity contribution < 1.29 is 95.1 Å². The zero-order valence-electron chi connectivity index (χ0n) is 78.8. The van der Waals surface area contributed by atoms with E-state index in [1.165, 1.54) is 22.0 Å². The third-order valence-corrected chi connectivity index (χ3v) is 26.4. The van der Waals surface area contributed by atoms with Crippen molar-refractivity contribution in [3.8, 4) is 0 Å². The molecule has 15 rings (SSSR count). The van der Waals surface area contributed by atoms with Crippen molar-refractivity contribution in [2.24, 2.45) is 39.9 Å². The lowest BCUT2D eigenvalue weighted by Crippen LogP contribution is -2.61. The Hall–Kier alpha value is -11.6. The lowest BCUT2D eigenvalue weighted by molar-refractivity contribution is -0.301. The Kier molecular flexibility index (Phi) is 32.3. The van der Waals surface area contributed by atoms with Gasteiger partial charge in [0.2, 0.25) is 17.7 Å². The number of carbonyl (C=O) groups excluding carboxylic acids is 12. The van der Waals surface area contributed by atoms with E-state index in [-0.39, 0.29) is 87.2 Å². The van der Waals surface area contributed by atoms with Gasteiger partial charge in [-0.2, -0.15) is 0 Å². The van der Waals surface area contributed by atoms with Crippen molar-refractivity contribution in [2.75, 3.05) is 59.5 Å². The number of ether oxygens (including phenoxy) is 7. The summed E-state index contributed by atoms with van der Waals surface area (Å²) < 4.78 is 54.4. The topological polar surface area (TPSA) is 426 Å². The maximum atomic E-state index is 14.0. The Morgan fingerprint density at radius 3 is 1.00 bits per heavy atom. The molecule has 12 atom stereocenters. The molecule has 34 nitrogen and oxygen atoms in total. The first kappa shape index (κ1) is 99.9. The fourth-order valence-corrected chi connectivity index (χ4v) is 17.6. The summed E-state index contributed by atoms with van der Waals surface area (Å²) in [6.45, 7) is 24.6. The lowest BCUT2D eigenvalue weighted by atomic mass is 9.70. The van der Waals surface area contributed by atoms with Gasteiger partial charge in [0.05, 0.1) is 83.6 Å². The zero-order valence-corrected chi connectivity index (χ0v) is 78.8. The van der Waals surface area contributed by atoms with Crippen LogP contribution in [-0.4, -0.2) is 221 Å². The third-order valence-electron chi connectivity index (χ3n) is 26.4. The van der Waals surface area contributed by atoms with Gasteiger partial charge >= 0.3 is 17.9 Å². The molecule has 720 valence electrons. The summed E-state index contributed by atoms with van der Waals surface area (Å²) in [6, 6.07) is 22.9. The van der Waals surface area contributed by atoms with Gasteiger partial charge in [-0.1, -0.05) is 146 Å². The van der Waals surface area contributed by atoms with Crippen LogP contribution in [0.25, 0.3) is 50.9 Å². The van der Waals surface area contributed by atoms with Crippen molar-refractivity contribution in [3.05, 3.63) is 143 Å². The minimum Gasteiger partial charge on any atom is -0.451 e. The summed E-state index contributed by atoms with van der Waals surface area (Å²) in [7, 11) is 0. The van der Waals surface area contributed by atoms with Crippen LogP contribution in [0, 0.1) is 39.9 Å². The quantitative estimate of drug-likeness (QED) is 0.0573. The normalized spacial score (nSPS) is 30.5. The van der Waals surface area contributed by atoms with E-state index in [2.05, 4.69) is 55.1 Å². The summed E-state index contributed by atoms with van der Waals surface area (Å²) >= 11 is 0. The highest BCUT2D eigenvalue weighted by molar-refractivity contribution is 5.96. The predicted octanol–water partition coefficient (Wildman–Crippen LogP) is 9.32. The van der Waals surface area contributed by atoms with E-state index in [1.54, 1.807) is 72.8 Å². The van der Waals surface area contributed by atoms with Gasteiger partial charge in [0.1, 0.15) is 60.5 Å². The average molecular weight is 1850 g/mol. The summed E-state index contributed by atoms with van der Waals surface area (Å²) in [5.41, 5.74) is 12.0. The first-order valence-corrected chi connectivity index (χ1v) is 46.9. The van der Waals surface area contributed by atoms with Gasteiger partial charge in [-0.15, -0.1) is 0 Å². The van der Waals surface area contributed by atoms with E-state index in [0.717, 1.165) is 56.9 Å². The van der Waals surface area contributed by atoms with E-state index in [0.29, 0.717) is 99.4 Å². The van der Waals surface area contributed by atoms with E-state index in [4.69, 9.17) is 48.1 Å². The molecule has 6 fully saturated rings. The van der Waals surface area contributed by atoms with Crippen LogP contribution < -0.4 is 48.2 Å². The second-order valence-electron chi connectivity index (χ2n) is 38.0. The van der Waals surface area contributed by atoms with Crippen molar-refractivity contribution in [1.29, 1.82) is 0 Å². The molecule has 0 unspecified atom stereocenters. The van der Waals surface area contributed by atoms with Crippen LogP contribution in [0.15, 0.2) is 109 Å². The number of hydrazine groups is 3. The number of rotatable bonds is 5. The molecule has 3 aromatic carbocycles. The fraction of sp³-hybridized carbons (Fsp3) is 0.545. The van der Waals surface area contributed by atoms with Crippen LogP contribution in [0.4, 0.5) is 4.39 Å². The number of benzene rings is 3. The van der Waals surface area contributed by atoms with Gasteiger partial charge < -0.3 is 65.1 Å². The molecule has 9 N–H and O–H groups in total. The molecule has 1 saturated carbocycles. The maximum Gasteiger partial charge on any atom is 0.321 e. The van der Waals surface area contributed by atoms with Crippen molar-refractivity contribution in [3.63, 3.8) is 0 Å². The monoisotopic (exact) mass is 1850 g/mol. The number of hydrogen-bond acceptors (Lipinski definition) is 25. The number of hydrogen-bond donors (Lipinski definition) is 9. The number of carbonyl (C=O) groups is 12. The van der Waals surface area contributed by atoms with Gasteiger partial charge in [-0.3, -0.25) is 87.5 Å². The van der Waals surface area contributed by atoms with Crippen molar-refractivity contribution in [2.45, 2.75) is 246 Å². The Balaban J connectivity index is 0.000000171. The number of amides is 9. The number of cyclic esters (lactones) is 3. The van der Waals surface area contributed by atoms with E-state index >= 15 is 0 Å². The third kappa shape index (κ3) is 23.5. The molecule has 8 aliphatic heterocycles. The second-order valence-corrected chi connectivity index (χ2v) is 38.0. The summed E-state index contributed by atoms with van der Waals surface area (Å²) in [6.07, 6.45) is 13.9. The molecule has 1 aliphatic carbocycles. The Morgan fingerprint density at radius 2 is 0.687 bits per heavy atom. The maximum absolute atomic E-state index is 14.0. The highest BCUT2D eigenvalue weighted by Gasteiger charge is 2.51. The number of halogens is 1. The highest BCUT2D eigenvalue weighted by atomic mass is 19.1. The molecule has 3 aromatic heterocycles. The number of pyridine rings is 3. The van der Waals surface area contributed by atoms with Gasteiger partial charge in [0.15, 0.2) is 24.1 Å². The number of esters is 3.